The highest BCUT2D eigenvalue weighted by atomic mass is 32.2. The van der Waals surface area contributed by atoms with Gasteiger partial charge in [0.05, 0.1) is 24.7 Å². The smallest absolute Gasteiger partial charge is 0.404 e. The van der Waals surface area contributed by atoms with E-state index in [-0.39, 0.29) is 16.9 Å². The molecular weight excluding hydrogens is 504 g/mol. The normalized spacial score (nSPS) is 19.0. The summed E-state index contributed by atoms with van der Waals surface area (Å²) in [6.45, 7) is 7.39. The number of nitrogens with one attached hydrogen (secondary N) is 1. The molecule has 1 aliphatic rings. The maximum Gasteiger partial charge on any atom is 0.404 e. The topological polar surface area (TPSA) is 124 Å². The molecule has 0 aliphatic heterocycles. The van der Waals surface area contributed by atoms with Crippen LogP contribution >= 0.6 is 22.7 Å². The summed E-state index contributed by atoms with van der Waals surface area (Å²) in [5.74, 6) is 0.244. The number of aromatic nitrogens is 2. The molecule has 0 atom stereocenters. The molecule has 1 saturated carbocycles. The van der Waals surface area contributed by atoms with Crippen LogP contribution in [0.15, 0.2) is 35.5 Å². The van der Waals surface area contributed by atoms with Crippen molar-refractivity contribution in [2.45, 2.75) is 75.8 Å². The van der Waals surface area contributed by atoms with Gasteiger partial charge in [-0.3, -0.25) is 0 Å². The number of ether oxygens (including phenoxy) is 1. The Morgan fingerprint density at radius 2 is 1.77 bits per heavy atom. The molecule has 0 spiro atoms. The third-order valence-corrected chi connectivity index (χ3v) is 9.67. The van der Waals surface area contributed by atoms with Gasteiger partial charge in [-0.05, 0) is 65.0 Å². The van der Waals surface area contributed by atoms with Crippen molar-refractivity contribution in [3.05, 3.63) is 40.6 Å². The zero-order valence-electron chi connectivity index (χ0n) is 20.2. The first kappa shape index (κ1) is 25.7. The second kappa shape index (κ2) is 9.96. The first-order chi connectivity index (χ1) is 16.4. The molecule has 0 bridgehead atoms. The van der Waals surface area contributed by atoms with Gasteiger partial charge in [-0.25, -0.2) is 27.9 Å². The summed E-state index contributed by atoms with van der Waals surface area (Å²) in [5.41, 5.74) is 5.95. The number of thiazole rings is 2. The van der Waals surface area contributed by atoms with Crippen LogP contribution in [0.1, 0.15) is 62.4 Å². The van der Waals surface area contributed by atoms with Crippen molar-refractivity contribution in [2.24, 2.45) is 5.73 Å². The minimum atomic E-state index is -3.80. The van der Waals surface area contributed by atoms with Gasteiger partial charge in [-0.1, -0.05) is 12.1 Å². The Balaban J connectivity index is 1.67. The number of hydrogen-bond donors (Lipinski definition) is 2. The average molecular weight is 535 g/mol. The monoisotopic (exact) mass is 534 g/mol. The number of sulfonamides is 1. The van der Waals surface area contributed by atoms with Gasteiger partial charge >= 0.3 is 6.09 Å². The van der Waals surface area contributed by atoms with E-state index < -0.39 is 21.7 Å². The Hall–Kier alpha value is -2.34. The summed E-state index contributed by atoms with van der Waals surface area (Å²) in [4.78, 5) is 21.9. The maximum atomic E-state index is 13.5. The Bertz CT molecular complexity index is 1320. The van der Waals surface area contributed by atoms with Crippen molar-refractivity contribution < 1.29 is 17.9 Å². The molecule has 8 nitrogen and oxygen atoms in total. The van der Waals surface area contributed by atoms with E-state index in [1.807, 2.05) is 39.8 Å². The molecule has 0 unspecified atom stereocenters. The SMILES string of the molecule is Cc1ncc(-c2ccc(-c3cnc(C4CCC(OC(N)=O)CC4)s3)c(S(=O)(=O)NC(C)(C)C)c2)s1. The summed E-state index contributed by atoms with van der Waals surface area (Å²) >= 11 is 3.04. The molecule has 188 valence electrons. The number of hydrogen-bond acceptors (Lipinski definition) is 8. The van der Waals surface area contributed by atoms with Crippen molar-refractivity contribution in [2.75, 3.05) is 0 Å². The van der Waals surface area contributed by atoms with E-state index in [2.05, 4.69) is 14.7 Å². The average Bonchev–Trinajstić information content (AvgIpc) is 3.41. The highest BCUT2D eigenvalue weighted by Gasteiger charge is 2.29. The van der Waals surface area contributed by atoms with Crippen LogP contribution in [-0.2, 0) is 14.8 Å². The van der Waals surface area contributed by atoms with Crippen molar-refractivity contribution in [1.82, 2.24) is 14.7 Å². The van der Waals surface area contributed by atoms with Gasteiger partial charge in [0.2, 0.25) is 10.0 Å². The lowest BCUT2D eigenvalue weighted by molar-refractivity contribution is 0.0787. The summed E-state index contributed by atoms with van der Waals surface area (Å²) in [7, 11) is -3.80. The minimum absolute atomic E-state index is 0.147. The largest absolute Gasteiger partial charge is 0.446 e. The van der Waals surface area contributed by atoms with E-state index in [4.69, 9.17) is 10.5 Å². The molecule has 1 aromatic carbocycles. The van der Waals surface area contributed by atoms with E-state index in [1.165, 1.54) is 22.7 Å². The Morgan fingerprint density at radius 3 is 2.37 bits per heavy atom. The van der Waals surface area contributed by atoms with E-state index in [0.717, 1.165) is 51.0 Å². The second-order valence-corrected chi connectivity index (χ2v) is 13.7. The zero-order chi connectivity index (χ0) is 25.4. The Kier molecular flexibility index (Phi) is 7.33. The molecule has 3 aromatic rings. The summed E-state index contributed by atoms with van der Waals surface area (Å²) in [6.07, 6.45) is 5.79. The molecule has 4 rings (SSSR count). The Labute approximate surface area is 214 Å². The summed E-state index contributed by atoms with van der Waals surface area (Å²) < 4.78 is 34.9. The third kappa shape index (κ3) is 6.27. The van der Waals surface area contributed by atoms with E-state index in [9.17, 15) is 13.2 Å². The molecule has 0 saturated heterocycles. The van der Waals surface area contributed by atoms with Gasteiger partial charge in [0.15, 0.2) is 0 Å². The van der Waals surface area contributed by atoms with Crippen LogP contribution in [0.25, 0.3) is 20.9 Å². The van der Waals surface area contributed by atoms with Crippen LogP contribution < -0.4 is 10.5 Å². The first-order valence-electron chi connectivity index (χ1n) is 11.4. The van der Waals surface area contributed by atoms with Gasteiger partial charge in [-0.15, -0.1) is 22.7 Å². The molecule has 11 heteroatoms. The summed E-state index contributed by atoms with van der Waals surface area (Å²) in [5, 5.41) is 1.89. The van der Waals surface area contributed by atoms with Gasteiger partial charge in [0.25, 0.3) is 0 Å². The molecule has 1 amide bonds. The highest BCUT2D eigenvalue weighted by Crippen LogP contribution is 2.41. The standard InChI is InChI=1S/C24H30N4O4S3/c1-14-26-12-19(33-14)16-7-10-18(21(11-16)35(30,31)28-24(2,3)4)20-13-27-22(34-20)15-5-8-17(9-6-15)32-23(25)29/h7,10-13,15,17,28H,5-6,8-9H2,1-4H3,(H2,25,29). The van der Waals surface area contributed by atoms with Crippen LogP contribution in [0.3, 0.4) is 0 Å². The number of primary amides is 1. The number of nitrogens with zero attached hydrogens (tertiary/aromatic N) is 2. The molecule has 0 radical (unpaired) electrons. The van der Waals surface area contributed by atoms with Crippen LogP contribution in [0, 0.1) is 6.92 Å². The molecule has 2 aromatic heterocycles. The predicted octanol–water partition coefficient (Wildman–Crippen LogP) is 5.44. The van der Waals surface area contributed by atoms with Crippen LogP contribution in [0.2, 0.25) is 0 Å². The van der Waals surface area contributed by atoms with Gasteiger partial charge in [-0.2, -0.15) is 0 Å². The number of rotatable bonds is 6. The van der Waals surface area contributed by atoms with Crippen molar-refractivity contribution in [3.63, 3.8) is 0 Å². The lowest BCUT2D eigenvalue weighted by Crippen LogP contribution is -2.40. The maximum absolute atomic E-state index is 13.5. The lowest BCUT2D eigenvalue weighted by Gasteiger charge is -2.26. The zero-order valence-corrected chi connectivity index (χ0v) is 22.6. The van der Waals surface area contributed by atoms with E-state index in [0.29, 0.717) is 5.56 Å². The predicted molar refractivity (Wildman–Crippen MR) is 139 cm³/mol. The van der Waals surface area contributed by atoms with Crippen LogP contribution in [-0.4, -0.2) is 36.1 Å². The lowest BCUT2D eigenvalue weighted by atomic mass is 9.88. The molecule has 3 N–H and O–H groups in total. The van der Waals surface area contributed by atoms with Crippen LogP contribution in [0.5, 0.6) is 0 Å². The van der Waals surface area contributed by atoms with Crippen LogP contribution in [0.4, 0.5) is 4.79 Å². The van der Waals surface area contributed by atoms with Crippen molar-refractivity contribution in [1.29, 1.82) is 0 Å². The molecule has 35 heavy (non-hydrogen) atoms. The molecular formula is C24H30N4O4S3. The number of amides is 1. The van der Waals surface area contributed by atoms with E-state index >= 15 is 0 Å². The van der Waals surface area contributed by atoms with Crippen molar-refractivity contribution >= 4 is 38.8 Å². The van der Waals surface area contributed by atoms with Gasteiger partial charge in [0, 0.05) is 29.4 Å². The summed E-state index contributed by atoms with van der Waals surface area (Å²) in [6, 6.07) is 5.52. The quantitative estimate of drug-likeness (QED) is 0.434. The highest BCUT2D eigenvalue weighted by molar-refractivity contribution is 7.89. The Morgan fingerprint density at radius 1 is 1.09 bits per heavy atom. The van der Waals surface area contributed by atoms with Gasteiger partial charge < -0.3 is 10.5 Å². The number of carbonyl (C=O) groups excluding carboxylic acids is 1. The molecule has 1 fully saturated rings. The van der Waals surface area contributed by atoms with E-state index in [1.54, 1.807) is 18.5 Å². The molecule has 1 aliphatic carbocycles. The van der Waals surface area contributed by atoms with Gasteiger partial charge in [0.1, 0.15) is 6.10 Å². The number of aryl methyl sites for hydroxylation is 1. The minimum Gasteiger partial charge on any atom is -0.446 e. The number of benzene rings is 1. The fourth-order valence-corrected chi connectivity index (χ4v) is 7.88. The number of carbonyl (C=O) groups is 1. The van der Waals surface area contributed by atoms with Crippen molar-refractivity contribution in [3.8, 4) is 20.9 Å². The number of nitrogens with two attached hydrogens (primary N) is 1. The fraction of sp³-hybridized carbons (Fsp3) is 0.458. The third-order valence-electron chi connectivity index (χ3n) is 5.71. The second-order valence-electron chi connectivity index (χ2n) is 9.78. The molecule has 2 heterocycles. The fourth-order valence-electron chi connectivity index (χ4n) is 4.25. The first-order valence-corrected chi connectivity index (χ1v) is 14.6.